The maximum atomic E-state index is 12.2. The fraction of sp³-hybridized carbons (Fsp3) is 0.579. The van der Waals surface area contributed by atoms with E-state index in [9.17, 15) is 9.59 Å². The van der Waals surface area contributed by atoms with Crippen molar-refractivity contribution in [2.45, 2.75) is 57.9 Å². The van der Waals surface area contributed by atoms with Crippen molar-refractivity contribution in [1.29, 1.82) is 0 Å². The molecule has 0 bridgehead atoms. The first-order chi connectivity index (χ1) is 11.4. The number of carbonyl (C=O) groups excluding carboxylic acids is 2. The van der Waals surface area contributed by atoms with Gasteiger partial charge in [0.25, 0.3) is 0 Å². The molecule has 1 aromatic rings. The summed E-state index contributed by atoms with van der Waals surface area (Å²) in [6.45, 7) is 3.95. The van der Waals surface area contributed by atoms with Crippen molar-refractivity contribution < 1.29 is 9.59 Å². The van der Waals surface area contributed by atoms with Crippen LogP contribution in [0.1, 0.15) is 57.9 Å². The second-order valence-corrected chi connectivity index (χ2v) is 8.08. The molecule has 1 saturated carbocycles. The molecule has 0 spiro atoms. The number of rotatable bonds is 6. The number of hydrogen-bond donors (Lipinski definition) is 2. The van der Waals surface area contributed by atoms with Crippen LogP contribution in [-0.4, -0.2) is 18.4 Å². The molecule has 1 fully saturated rings. The van der Waals surface area contributed by atoms with Crippen molar-refractivity contribution in [3.8, 4) is 0 Å². The summed E-state index contributed by atoms with van der Waals surface area (Å²) in [7, 11) is 0. The fourth-order valence-electron chi connectivity index (χ4n) is 3.24. The van der Waals surface area contributed by atoms with Gasteiger partial charge in [0.2, 0.25) is 11.8 Å². The average Bonchev–Trinajstić information content (AvgIpc) is 2.54. The predicted octanol–water partition coefficient (Wildman–Crippen LogP) is 3.89. The van der Waals surface area contributed by atoms with E-state index in [1.807, 2.05) is 38.1 Å². The Hall–Kier alpha value is -1.36. The predicted molar refractivity (Wildman–Crippen MR) is 99.5 cm³/mol. The molecule has 0 atom stereocenters. The Bertz CT molecular complexity index is 563. The van der Waals surface area contributed by atoms with E-state index in [2.05, 4.69) is 26.6 Å². The van der Waals surface area contributed by atoms with Gasteiger partial charge in [-0.05, 0) is 50.3 Å². The summed E-state index contributed by atoms with van der Waals surface area (Å²) >= 11 is 3.41. The molecular formula is C19H27BrN2O2. The molecule has 1 aliphatic carbocycles. The number of amides is 2. The van der Waals surface area contributed by atoms with E-state index in [4.69, 9.17) is 0 Å². The lowest BCUT2D eigenvalue weighted by molar-refractivity contribution is -0.127. The van der Waals surface area contributed by atoms with Crippen LogP contribution in [0.15, 0.2) is 28.7 Å². The van der Waals surface area contributed by atoms with E-state index in [0.29, 0.717) is 12.3 Å². The number of hydrogen-bond acceptors (Lipinski definition) is 2. The highest BCUT2D eigenvalue weighted by Crippen LogP contribution is 2.26. The van der Waals surface area contributed by atoms with Crippen molar-refractivity contribution in [3.05, 3.63) is 34.3 Å². The van der Waals surface area contributed by atoms with Gasteiger partial charge in [0.1, 0.15) is 0 Å². The van der Waals surface area contributed by atoms with Gasteiger partial charge in [-0.25, -0.2) is 0 Å². The molecule has 0 unspecified atom stereocenters. The molecule has 5 heteroatoms. The number of benzene rings is 1. The van der Waals surface area contributed by atoms with Gasteiger partial charge in [0, 0.05) is 10.9 Å². The Morgan fingerprint density at radius 3 is 2.33 bits per heavy atom. The van der Waals surface area contributed by atoms with Gasteiger partial charge in [0.05, 0.1) is 12.1 Å². The van der Waals surface area contributed by atoms with Gasteiger partial charge in [-0.2, -0.15) is 0 Å². The Morgan fingerprint density at radius 1 is 1.08 bits per heavy atom. The summed E-state index contributed by atoms with van der Waals surface area (Å²) in [5, 5.41) is 5.74. The summed E-state index contributed by atoms with van der Waals surface area (Å²) in [6, 6.07) is 7.86. The minimum absolute atomic E-state index is 0.0153. The lowest BCUT2D eigenvalue weighted by Gasteiger charge is -2.27. The van der Waals surface area contributed by atoms with Gasteiger partial charge in [0.15, 0.2) is 0 Å². The lowest BCUT2D eigenvalue weighted by Crippen LogP contribution is -2.46. The zero-order valence-corrected chi connectivity index (χ0v) is 16.1. The monoisotopic (exact) mass is 394 g/mol. The molecule has 0 aromatic heterocycles. The first-order valence-corrected chi connectivity index (χ1v) is 9.50. The van der Waals surface area contributed by atoms with E-state index in [1.165, 1.54) is 19.3 Å². The molecule has 4 nitrogen and oxygen atoms in total. The van der Waals surface area contributed by atoms with Gasteiger partial charge in [-0.15, -0.1) is 0 Å². The van der Waals surface area contributed by atoms with Crippen LogP contribution >= 0.6 is 15.9 Å². The van der Waals surface area contributed by atoms with Crippen molar-refractivity contribution in [2.24, 2.45) is 5.92 Å². The standard InChI is InChI=1S/C19H27BrN2O2/c1-19(2,15-8-10-16(20)11-9-15)22-18(24)13-21-17(23)12-14-6-4-3-5-7-14/h8-11,14H,3-7,12-13H2,1-2H3,(H,21,23)(H,22,24). The van der Waals surface area contributed by atoms with Crippen LogP contribution < -0.4 is 10.6 Å². The SMILES string of the molecule is CC(C)(NC(=O)CNC(=O)CC1CCCCC1)c1ccc(Br)cc1. The molecule has 0 saturated heterocycles. The minimum atomic E-state index is -0.480. The Morgan fingerprint density at radius 2 is 1.71 bits per heavy atom. The third-order valence-corrected chi connectivity index (χ3v) is 5.19. The van der Waals surface area contributed by atoms with Crippen LogP contribution in [0, 0.1) is 5.92 Å². The second kappa shape index (κ2) is 8.65. The molecule has 0 radical (unpaired) electrons. The zero-order valence-electron chi connectivity index (χ0n) is 14.5. The molecule has 2 rings (SSSR count). The van der Waals surface area contributed by atoms with Crippen LogP contribution in [-0.2, 0) is 15.1 Å². The second-order valence-electron chi connectivity index (χ2n) is 7.16. The summed E-state index contributed by atoms with van der Waals surface area (Å²) < 4.78 is 1.00. The highest BCUT2D eigenvalue weighted by Gasteiger charge is 2.23. The molecular weight excluding hydrogens is 368 g/mol. The van der Waals surface area contributed by atoms with Crippen molar-refractivity contribution in [1.82, 2.24) is 10.6 Å². The summed E-state index contributed by atoms with van der Waals surface area (Å²) in [5.41, 5.74) is 0.541. The Balaban J connectivity index is 1.77. The van der Waals surface area contributed by atoms with Gasteiger partial charge < -0.3 is 10.6 Å². The zero-order chi connectivity index (χ0) is 17.6. The largest absolute Gasteiger partial charge is 0.347 e. The molecule has 0 aliphatic heterocycles. The number of halogens is 1. The molecule has 2 N–H and O–H groups in total. The number of nitrogens with one attached hydrogen (secondary N) is 2. The smallest absolute Gasteiger partial charge is 0.240 e. The summed E-state index contributed by atoms with van der Waals surface area (Å²) in [5.74, 6) is 0.305. The third-order valence-electron chi connectivity index (χ3n) is 4.66. The fourth-order valence-corrected chi connectivity index (χ4v) is 3.50. The highest BCUT2D eigenvalue weighted by atomic mass is 79.9. The normalized spacial score (nSPS) is 15.8. The van der Waals surface area contributed by atoms with Crippen molar-refractivity contribution in [2.75, 3.05) is 6.54 Å². The third kappa shape index (κ3) is 5.93. The lowest BCUT2D eigenvalue weighted by atomic mass is 9.87. The average molecular weight is 395 g/mol. The molecule has 1 aromatic carbocycles. The summed E-state index contributed by atoms with van der Waals surface area (Å²) in [4.78, 5) is 24.2. The summed E-state index contributed by atoms with van der Waals surface area (Å²) in [6.07, 6.45) is 6.54. The van der Waals surface area contributed by atoms with Crippen LogP contribution in [0.5, 0.6) is 0 Å². The Labute approximate surface area is 152 Å². The van der Waals surface area contributed by atoms with Crippen LogP contribution in [0.4, 0.5) is 0 Å². The maximum absolute atomic E-state index is 12.2. The minimum Gasteiger partial charge on any atom is -0.347 e. The Kier molecular flexibility index (Phi) is 6.84. The van der Waals surface area contributed by atoms with E-state index in [-0.39, 0.29) is 18.4 Å². The molecule has 0 heterocycles. The van der Waals surface area contributed by atoms with E-state index in [0.717, 1.165) is 22.9 Å². The van der Waals surface area contributed by atoms with Crippen molar-refractivity contribution in [3.63, 3.8) is 0 Å². The first kappa shape index (κ1) is 19.0. The molecule has 132 valence electrons. The van der Waals surface area contributed by atoms with Crippen LogP contribution in [0.2, 0.25) is 0 Å². The van der Waals surface area contributed by atoms with E-state index < -0.39 is 5.54 Å². The molecule has 1 aliphatic rings. The van der Waals surface area contributed by atoms with Gasteiger partial charge >= 0.3 is 0 Å². The number of carbonyl (C=O) groups is 2. The molecule has 24 heavy (non-hydrogen) atoms. The quantitative estimate of drug-likeness (QED) is 0.768. The van der Waals surface area contributed by atoms with E-state index >= 15 is 0 Å². The maximum Gasteiger partial charge on any atom is 0.240 e. The van der Waals surface area contributed by atoms with Crippen LogP contribution in [0.3, 0.4) is 0 Å². The highest BCUT2D eigenvalue weighted by molar-refractivity contribution is 9.10. The van der Waals surface area contributed by atoms with E-state index in [1.54, 1.807) is 0 Å². The van der Waals surface area contributed by atoms with Crippen LogP contribution in [0.25, 0.3) is 0 Å². The first-order valence-electron chi connectivity index (χ1n) is 8.70. The topological polar surface area (TPSA) is 58.2 Å². The molecule has 2 amide bonds. The van der Waals surface area contributed by atoms with Gasteiger partial charge in [-0.1, -0.05) is 47.3 Å². The van der Waals surface area contributed by atoms with Crippen molar-refractivity contribution >= 4 is 27.7 Å². The van der Waals surface area contributed by atoms with Gasteiger partial charge in [-0.3, -0.25) is 9.59 Å².